The van der Waals surface area contributed by atoms with Crippen LogP contribution in [0.5, 0.6) is 5.75 Å². The molecule has 0 saturated carbocycles. The summed E-state index contributed by atoms with van der Waals surface area (Å²) in [5, 5.41) is 15.9. The van der Waals surface area contributed by atoms with Crippen LogP contribution in [0, 0.1) is 0 Å². The molecule has 0 aliphatic rings. The van der Waals surface area contributed by atoms with Gasteiger partial charge in [0.05, 0.1) is 24.6 Å². The number of benzene rings is 3. The van der Waals surface area contributed by atoms with Crippen LogP contribution >= 0.6 is 27.7 Å². The Kier molecular flexibility index (Phi) is 7.87. The van der Waals surface area contributed by atoms with Crippen molar-refractivity contribution in [2.45, 2.75) is 18.1 Å². The van der Waals surface area contributed by atoms with Crippen molar-refractivity contribution in [2.24, 2.45) is 0 Å². The van der Waals surface area contributed by atoms with E-state index in [1.165, 1.54) is 11.8 Å². The molecule has 1 atom stereocenters. The molecule has 0 saturated heterocycles. The highest BCUT2D eigenvalue weighted by Gasteiger charge is 2.20. The van der Waals surface area contributed by atoms with Gasteiger partial charge in [-0.3, -0.25) is 9.36 Å². The van der Waals surface area contributed by atoms with Gasteiger partial charge in [-0.25, -0.2) is 0 Å². The smallest absolute Gasteiger partial charge is 0.234 e. The molecule has 1 heterocycles. The van der Waals surface area contributed by atoms with Gasteiger partial charge in [0.15, 0.2) is 11.0 Å². The van der Waals surface area contributed by atoms with Gasteiger partial charge in [-0.1, -0.05) is 58.0 Å². The van der Waals surface area contributed by atoms with Gasteiger partial charge in [-0.2, -0.15) is 0 Å². The number of carbonyl (C=O) groups is 1. The molecule has 1 aromatic heterocycles. The summed E-state index contributed by atoms with van der Waals surface area (Å²) in [5.74, 6) is 1.39. The van der Waals surface area contributed by atoms with E-state index in [2.05, 4.69) is 36.8 Å². The summed E-state index contributed by atoms with van der Waals surface area (Å²) in [7, 11) is 1.58. The molecule has 34 heavy (non-hydrogen) atoms. The van der Waals surface area contributed by atoms with E-state index in [-0.39, 0.29) is 17.7 Å². The lowest BCUT2D eigenvalue weighted by Crippen LogP contribution is -2.16. The number of hydrogen-bond donors (Lipinski definition) is 2. The fourth-order valence-corrected chi connectivity index (χ4v) is 4.42. The van der Waals surface area contributed by atoms with Crippen molar-refractivity contribution < 1.29 is 9.53 Å². The van der Waals surface area contributed by atoms with Gasteiger partial charge in [-0.05, 0) is 55.5 Å². The number of para-hydroxylation sites is 3. The SMILES string of the molecule is COc1ccccc1NC(=O)CSc1nnc(C(C)Nc2ccc(Br)cc2)n1-c1ccccc1. The van der Waals surface area contributed by atoms with Crippen molar-refractivity contribution in [1.29, 1.82) is 0 Å². The van der Waals surface area contributed by atoms with Crippen LogP contribution in [0.25, 0.3) is 5.69 Å². The zero-order chi connectivity index (χ0) is 23.9. The first-order valence-corrected chi connectivity index (χ1v) is 12.4. The van der Waals surface area contributed by atoms with Crippen molar-refractivity contribution in [1.82, 2.24) is 14.8 Å². The first kappa shape index (κ1) is 23.8. The summed E-state index contributed by atoms with van der Waals surface area (Å²) in [6.07, 6.45) is 0. The van der Waals surface area contributed by atoms with E-state index in [1.54, 1.807) is 19.2 Å². The third kappa shape index (κ3) is 5.78. The lowest BCUT2D eigenvalue weighted by molar-refractivity contribution is -0.113. The third-order valence-corrected chi connectivity index (χ3v) is 6.46. The van der Waals surface area contributed by atoms with Crippen LogP contribution in [0.2, 0.25) is 0 Å². The Balaban J connectivity index is 1.53. The summed E-state index contributed by atoms with van der Waals surface area (Å²) >= 11 is 4.79. The van der Waals surface area contributed by atoms with Crippen molar-refractivity contribution in [3.05, 3.63) is 89.2 Å². The van der Waals surface area contributed by atoms with E-state index in [0.717, 1.165) is 21.7 Å². The van der Waals surface area contributed by atoms with E-state index in [4.69, 9.17) is 4.74 Å². The van der Waals surface area contributed by atoms with Crippen molar-refractivity contribution in [2.75, 3.05) is 23.5 Å². The molecular formula is C25H24BrN5O2S. The van der Waals surface area contributed by atoms with E-state index in [0.29, 0.717) is 16.6 Å². The Bertz CT molecular complexity index is 1250. The van der Waals surface area contributed by atoms with E-state index in [1.807, 2.05) is 78.2 Å². The zero-order valence-corrected chi connectivity index (χ0v) is 21.1. The number of carbonyl (C=O) groups excluding carboxylic acids is 1. The number of methoxy groups -OCH3 is 1. The molecule has 0 aliphatic heterocycles. The molecule has 7 nitrogen and oxygen atoms in total. The highest BCUT2D eigenvalue weighted by Crippen LogP contribution is 2.28. The average molecular weight is 538 g/mol. The summed E-state index contributed by atoms with van der Waals surface area (Å²) in [6.45, 7) is 2.04. The lowest BCUT2D eigenvalue weighted by Gasteiger charge is -2.17. The van der Waals surface area contributed by atoms with Crippen LogP contribution in [0.1, 0.15) is 18.8 Å². The number of ether oxygens (including phenoxy) is 1. The van der Waals surface area contributed by atoms with Gasteiger partial charge in [0.1, 0.15) is 5.75 Å². The molecule has 0 fully saturated rings. The third-order valence-electron chi connectivity index (χ3n) is 5.00. The second-order valence-electron chi connectivity index (χ2n) is 7.42. The number of nitrogens with zero attached hydrogens (tertiary/aromatic N) is 3. The molecule has 3 aromatic carbocycles. The van der Waals surface area contributed by atoms with Crippen molar-refractivity contribution in [3.8, 4) is 11.4 Å². The van der Waals surface area contributed by atoms with Gasteiger partial charge in [0.25, 0.3) is 0 Å². The van der Waals surface area contributed by atoms with Crippen LogP contribution in [0.3, 0.4) is 0 Å². The Morgan fingerprint density at radius 1 is 1.03 bits per heavy atom. The largest absolute Gasteiger partial charge is 0.495 e. The second kappa shape index (κ2) is 11.2. The summed E-state index contributed by atoms with van der Waals surface area (Å²) in [5.41, 5.74) is 2.54. The topological polar surface area (TPSA) is 81.1 Å². The fraction of sp³-hybridized carbons (Fsp3) is 0.160. The molecule has 174 valence electrons. The molecule has 1 amide bonds. The minimum Gasteiger partial charge on any atom is -0.495 e. The van der Waals surface area contributed by atoms with Crippen LogP contribution in [0.15, 0.2) is 88.5 Å². The summed E-state index contributed by atoms with van der Waals surface area (Å²) in [6, 6.07) is 25.1. The number of thioether (sulfide) groups is 1. The number of amides is 1. The highest BCUT2D eigenvalue weighted by atomic mass is 79.9. The second-order valence-corrected chi connectivity index (χ2v) is 9.28. The zero-order valence-electron chi connectivity index (χ0n) is 18.7. The van der Waals surface area contributed by atoms with Gasteiger partial charge >= 0.3 is 0 Å². The minimum atomic E-state index is -0.153. The number of anilines is 2. The number of nitrogens with one attached hydrogen (secondary N) is 2. The van der Waals surface area contributed by atoms with Crippen molar-refractivity contribution >= 4 is 45.0 Å². The molecule has 0 spiro atoms. The molecule has 9 heteroatoms. The first-order chi connectivity index (χ1) is 16.5. The van der Waals surface area contributed by atoms with Crippen LogP contribution in [-0.4, -0.2) is 33.5 Å². The maximum atomic E-state index is 12.6. The Hall–Kier alpha value is -3.30. The van der Waals surface area contributed by atoms with Crippen LogP contribution < -0.4 is 15.4 Å². The number of halogens is 1. The van der Waals surface area contributed by atoms with Crippen molar-refractivity contribution in [3.63, 3.8) is 0 Å². The maximum absolute atomic E-state index is 12.6. The maximum Gasteiger partial charge on any atom is 0.234 e. The molecule has 0 radical (unpaired) electrons. The van der Waals surface area contributed by atoms with Gasteiger partial charge in [0.2, 0.25) is 5.91 Å². The van der Waals surface area contributed by atoms with Gasteiger partial charge < -0.3 is 15.4 Å². The number of hydrogen-bond acceptors (Lipinski definition) is 6. The first-order valence-electron chi connectivity index (χ1n) is 10.6. The standard InChI is InChI=1S/C25H24BrN5O2S/c1-17(27-19-14-12-18(26)13-15-19)24-29-30-25(31(24)20-8-4-3-5-9-20)34-16-23(32)28-21-10-6-7-11-22(21)33-2/h3-15,17,27H,16H2,1-2H3,(H,28,32). The fourth-order valence-electron chi connectivity index (χ4n) is 3.40. The highest BCUT2D eigenvalue weighted by molar-refractivity contribution is 9.10. The van der Waals surface area contributed by atoms with Crippen LogP contribution in [0.4, 0.5) is 11.4 Å². The number of aromatic nitrogens is 3. The molecule has 4 aromatic rings. The minimum absolute atomic E-state index is 0.120. The predicted octanol–water partition coefficient (Wildman–Crippen LogP) is 5.94. The normalized spacial score (nSPS) is 11.6. The molecule has 4 rings (SSSR count). The number of rotatable bonds is 9. The van der Waals surface area contributed by atoms with Gasteiger partial charge in [-0.15, -0.1) is 10.2 Å². The Morgan fingerprint density at radius 3 is 2.47 bits per heavy atom. The predicted molar refractivity (Wildman–Crippen MR) is 140 cm³/mol. The van der Waals surface area contributed by atoms with E-state index < -0.39 is 0 Å². The van der Waals surface area contributed by atoms with E-state index >= 15 is 0 Å². The average Bonchev–Trinajstić information content (AvgIpc) is 3.29. The Morgan fingerprint density at radius 2 is 1.74 bits per heavy atom. The van der Waals surface area contributed by atoms with Crippen LogP contribution in [-0.2, 0) is 4.79 Å². The molecule has 0 aliphatic carbocycles. The van der Waals surface area contributed by atoms with Gasteiger partial charge in [0, 0.05) is 15.8 Å². The molecule has 1 unspecified atom stereocenters. The summed E-state index contributed by atoms with van der Waals surface area (Å²) in [4.78, 5) is 12.6. The monoisotopic (exact) mass is 537 g/mol. The lowest BCUT2D eigenvalue weighted by atomic mass is 10.2. The molecule has 0 bridgehead atoms. The molecule has 2 N–H and O–H groups in total. The Labute approximate surface area is 211 Å². The summed E-state index contributed by atoms with van der Waals surface area (Å²) < 4.78 is 8.31. The molecular weight excluding hydrogens is 514 g/mol. The van der Waals surface area contributed by atoms with E-state index in [9.17, 15) is 4.79 Å². The quantitative estimate of drug-likeness (QED) is 0.257.